The Hall–Kier alpha value is -0.980. The van der Waals surface area contributed by atoms with Gasteiger partial charge in [0.15, 0.2) is 0 Å². The summed E-state index contributed by atoms with van der Waals surface area (Å²) < 4.78 is 71.6. The molecular weight excluding hydrogens is 239 g/mol. The van der Waals surface area contributed by atoms with E-state index in [2.05, 4.69) is 0 Å². The molecule has 0 aliphatic carbocycles. The molecule has 0 saturated carbocycles. The molecule has 0 radical (unpaired) electrons. The summed E-state index contributed by atoms with van der Waals surface area (Å²) in [5, 5.41) is -5.23. The minimum absolute atomic E-state index is 0.556. The number of alkyl halides is 5. The molecule has 0 N–H and O–H groups in total. The van der Waals surface area contributed by atoms with E-state index in [9.17, 15) is 26.2 Å². The third kappa shape index (κ3) is 2.34. The van der Waals surface area contributed by atoms with Crippen LogP contribution in [0.5, 0.6) is 0 Å². The van der Waals surface area contributed by atoms with Crippen molar-refractivity contribution < 1.29 is 26.2 Å². The Labute approximate surface area is 84.4 Å². The fourth-order valence-corrected chi connectivity index (χ4v) is 1.71. The Balaban J connectivity index is 3.06. The van der Waals surface area contributed by atoms with Crippen LogP contribution in [-0.2, 0) is 10.8 Å². The van der Waals surface area contributed by atoms with Gasteiger partial charge in [0.1, 0.15) is 10.8 Å². The monoisotopic (exact) mass is 244 g/mol. The highest BCUT2D eigenvalue weighted by Crippen LogP contribution is 2.40. The van der Waals surface area contributed by atoms with Crippen molar-refractivity contribution in [1.82, 2.24) is 0 Å². The smallest absolute Gasteiger partial charge is 0.248 e. The lowest BCUT2D eigenvalue weighted by atomic mass is 10.4. The van der Waals surface area contributed by atoms with Gasteiger partial charge >= 0.3 is 11.4 Å². The molecule has 0 saturated heterocycles. The van der Waals surface area contributed by atoms with Crippen LogP contribution < -0.4 is 0 Å². The lowest BCUT2D eigenvalue weighted by Gasteiger charge is -2.18. The van der Waals surface area contributed by atoms with Crippen LogP contribution in [0.1, 0.15) is 0 Å². The molecule has 1 atom stereocenters. The molecule has 0 heterocycles. The fraction of sp³-hybridized carbons (Fsp3) is 0.250. The van der Waals surface area contributed by atoms with Gasteiger partial charge in [-0.1, -0.05) is 18.2 Å². The summed E-state index contributed by atoms with van der Waals surface area (Å²) in [5.41, 5.74) is 0. The Bertz CT molecular complexity index is 359. The second-order valence-electron chi connectivity index (χ2n) is 2.60. The summed E-state index contributed by atoms with van der Waals surface area (Å²) >= 11 is 0. The minimum atomic E-state index is -5.81. The van der Waals surface area contributed by atoms with E-state index >= 15 is 0 Å². The van der Waals surface area contributed by atoms with Crippen molar-refractivity contribution in [3.63, 3.8) is 0 Å². The Morgan fingerprint density at radius 3 is 1.80 bits per heavy atom. The van der Waals surface area contributed by atoms with Gasteiger partial charge in [-0.3, -0.25) is 0 Å². The van der Waals surface area contributed by atoms with E-state index in [0.717, 1.165) is 12.1 Å². The first-order chi connectivity index (χ1) is 6.77. The molecular formula is C8H5F5OS. The molecule has 0 bridgehead atoms. The van der Waals surface area contributed by atoms with Gasteiger partial charge in [0.2, 0.25) is 0 Å². The molecule has 0 spiro atoms. The summed E-state index contributed by atoms with van der Waals surface area (Å²) in [6, 6.07) is 5.80. The number of benzene rings is 1. The van der Waals surface area contributed by atoms with Gasteiger partial charge in [-0.2, -0.15) is 22.0 Å². The summed E-state index contributed by atoms with van der Waals surface area (Å²) in [4.78, 5) is -0.556. The zero-order chi connectivity index (χ0) is 11.7. The van der Waals surface area contributed by atoms with Crippen molar-refractivity contribution in [2.45, 2.75) is 16.3 Å². The van der Waals surface area contributed by atoms with Crippen LogP contribution >= 0.6 is 0 Å². The number of rotatable bonds is 2. The van der Waals surface area contributed by atoms with Gasteiger partial charge in [0, 0.05) is 4.90 Å². The van der Waals surface area contributed by atoms with Crippen molar-refractivity contribution in [2.24, 2.45) is 0 Å². The Morgan fingerprint density at radius 1 is 0.933 bits per heavy atom. The highest BCUT2D eigenvalue weighted by atomic mass is 32.2. The third-order valence-electron chi connectivity index (χ3n) is 1.52. The highest BCUT2D eigenvalue weighted by Gasteiger charge is 2.62. The van der Waals surface area contributed by atoms with Crippen LogP contribution in [0.2, 0.25) is 0 Å². The van der Waals surface area contributed by atoms with Gasteiger partial charge in [-0.05, 0) is 12.1 Å². The molecule has 1 rings (SSSR count). The van der Waals surface area contributed by atoms with Gasteiger partial charge in [0.05, 0.1) is 0 Å². The van der Waals surface area contributed by atoms with Crippen LogP contribution in [0.3, 0.4) is 0 Å². The molecule has 1 nitrogen and oxygen atoms in total. The van der Waals surface area contributed by atoms with Crippen molar-refractivity contribution in [3.05, 3.63) is 30.3 Å². The van der Waals surface area contributed by atoms with Gasteiger partial charge in [0.25, 0.3) is 0 Å². The van der Waals surface area contributed by atoms with Crippen LogP contribution in [0.4, 0.5) is 22.0 Å². The SMILES string of the molecule is O=S(c1ccccc1)C(F)(F)C(F)(F)F. The maximum atomic E-state index is 12.6. The molecule has 84 valence electrons. The molecule has 1 aromatic carbocycles. The number of hydrogen-bond acceptors (Lipinski definition) is 1. The molecule has 0 amide bonds. The highest BCUT2D eigenvalue weighted by molar-refractivity contribution is 7.86. The van der Waals surface area contributed by atoms with E-state index < -0.39 is 27.1 Å². The Kier molecular flexibility index (Phi) is 3.13. The van der Waals surface area contributed by atoms with E-state index in [1.807, 2.05) is 0 Å². The largest absolute Gasteiger partial charge is 0.467 e. The van der Waals surface area contributed by atoms with Crippen LogP contribution in [0, 0.1) is 0 Å². The summed E-state index contributed by atoms with van der Waals surface area (Å²) in [7, 11) is -3.42. The van der Waals surface area contributed by atoms with Crippen molar-refractivity contribution in [2.75, 3.05) is 0 Å². The van der Waals surface area contributed by atoms with Crippen molar-refractivity contribution in [3.8, 4) is 0 Å². The lowest BCUT2D eigenvalue weighted by Crippen LogP contribution is -2.40. The van der Waals surface area contributed by atoms with Gasteiger partial charge < -0.3 is 0 Å². The van der Waals surface area contributed by atoms with E-state index in [1.165, 1.54) is 18.2 Å². The first-order valence-corrected chi connectivity index (χ1v) is 4.83. The number of hydrogen-bond donors (Lipinski definition) is 0. The zero-order valence-electron chi connectivity index (χ0n) is 7.09. The topological polar surface area (TPSA) is 17.1 Å². The minimum Gasteiger partial charge on any atom is -0.248 e. The molecule has 1 unspecified atom stereocenters. The molecule has 15 heavy (non-hydrogen) atoms. The predicted molar refractivity (Wildman–Crippen MR) is 43.9 cm³/mol. The molecule has 0 fully saturated rings. The van der Waals surface area contributed by atoms with E-state index in [-0.39, 0.29) is 0 Å². The second kappa shape index (κ2) is 3.88. The molecule has 0 aliphatic heterocycles. The second-order valence-corrected chi connectivity index (χ2v) is 4.12. The lowest BCUT2D eigenvalue weighted by molar-refractivity contribution is -0.239. The van der Waals surface area contributed by atoms with Crippen molar-refractivity contribution >= 4 is 10.8 Å². The zero-order valence-corrected chi connectivity index (χ0v) is 7.91. The predicted octanol–water partition coefficient (Wildman–Crippen LogP) is 2.95. The van der Waals surface area contributed by atoms with E-state index in [0.29, 0.717) is 0 Å². The summed E-state index contributed by atoms with van der Waals surface area (Å²) in [5.74, 6) is 0. The average molecular weight is 244 g/mol. The average Bonchev–Trinajstić information content (AvgIpc) is 2.16. The third-order valence-corrected chi connectivity index (χ3v) is 2.92. The maximum Gasteiger partial charge on any atom is 0.467 e. The molecule has 7 heteroatoms. The van der Waals surface area contributed by atoms with E-state index in [4.69, 9.17) is 0 Å². The van der Waals surface area contributed by atoms with E-state index in [1.54, 1.807) is 0 Å². The standard InChI is InChI=1S/C8H5F5OS/c9-7(10,11)8(12,13)15(14)6-4-2-1-3-5-6/h1-5H. The molecule has 1 aromatic rings. The normalized spacial score (nSPS) is 15.0. The maximum absolute atomic E-state index is 12.6. The summed E-state index contributed by atoms with van der Waals surface area (Å²) in [6.45, 7) is 0. The van der Waals surface area contributed by atoms with Crippen LogP contribution in [0.25, 0.3) is 0 Å². The van der Waals surface area contributed by atoms with Gasteiger partial charge in [-0.15, -0.1) is 0 Å². The summed E-state index contributed by atoms with van der Waals surface area (Å²) in [6.07, 6.45) is -5.81. The van der Waals surface area contributed by atoms with Crippen LogP contribution in [0.15, 0.2) is 35.2 Å². The Morgan fingerprint density at radius 2 is 1.40 bits per heavy atom. The first-order valence-electron chi connectivity index (χ1n) is 3.68. The quantitative estimate of drug-likeness (QED) is 0.731. The van der Waals surface area contributed by atoms with Crippen LogP contribution in [-0.4, -0.2) is 15.6 Å². The molecule has 0 aliphatic rings. The number of halogens is 5. The molecule has 0 aromatic heterocycles. The first kappa shape index (κ1) is 12.1. The van der Waals surface area contributed by atoms with Gasteiger partial charge in [-0.25, -0.2) is 4.21 Å². The fourth-order valence-electron chi connectivity index (χ4n) is 0.797. The van der Waals surface area contributed by atoms with Crippen molar-refractivity contribution in [1.29, 1.82) is 0 Å².